The SMILES string of the molecule is C=C/C=C1/C(=O)N([C@H]2CCC(=O)NC2=O)C(=O)/C1=C/C.CC. The molecule has 2 fully saturated rings. The Balaban J connectivity index is 0.00000116. The maximum atomic E-state index is 12.3. The van der Waals surface area contributed by atoms with Crippen molar-refractivity contribution in [3.05, 3.63) is 36.0 Å². The molecule has 118 valence electrons. The first-order valence-electron chi connectivity index (χ1n) is 7.22. The summed E-state index contributed by atoms with van der Waals surface area (Å²) in [4.78, 5) is 48.4. The number of amides is 4. The molecule has 2 heterocycles. The van der Waals surface area contributed by atoms with Gasteiger partial charge in [-0.05, 0) is 19.4 Å². The summed E-state index contributed by atoms with van der Waals surface area (Å²) in [5.41, 5.74) is 0.469. The second-order valence-electron chi connectivity index (χ2n) is 4.47. The molecule has 0 aromatic carbocycles. The standard InChI is InChI=1S/C14H14N2O4.C2H6/c1-3-5-9-8(4-2)13(19)16(14(9)20)10-6-7-11(17)15-12(10)18;1-2/h3-5,10H,1,6-7H2,2H3,(H,15,17,18);1-2H3/b8-4+,9-5+;/t10-;/m0./s1. The van der Waals surface area contributed by atoms with E-state index in [0.717, 1.165) is 4.90 Å². The summed E-state index contributed by atoms with van der Waals surface area (Å²) in [6.07, 6.45) is 4.65. The molecule has 0 aromatic heterocycles. The van der Waals surface area contributed by atoms with Gasteiger partial charge in [0, 0.05) is 12.0 Å². The largest absolute Gasteiger partial charge is 0.295 e. The summed E-state index contributed by atoms with van der Waals surface area (Å²) >= 11 is 0. The van der Waals surface area contributed by atoms with Crippen molar-refractivity contribution in [1.82, 2.24) is 10.2 Å². The van der Waals surface area contributed by atoms with Crippen molar-refractivity contribution in [2.45, 2.75) is 39.7 Å². The van der Waals surface area contributed by atoms with E-state index in [1.165, 1.54) is 18.2 Å². The first kappa shape index (κ1) is 17.6. The zero-order valence-electron chi connectivity index (χ0n) is 13.0. The first-order valence-corrected chi connectivity index (χ1v) is 7.22. The summed E-state index contributed by atoms with van der Waals surface area (Å²) in [5.74, 6) is -2.05. The van der Waals surface area contributed by atoms with E-state index in [1.807, 2.05) is 13.8 Å². The van der Waals surface area contributed by atoms with Gasteiger partial charge in [0.15, 0.2) is 0 Å². The zero-order chi connectivity index (χ0) is 16.9. The van der Waals surface area contributed by atoms with Gasteiger partial charge in [-0.2, -0.15) is 0 Å². The van der Waals surface area contributed by atoms with Crippen LogP contribution in [0, 0.1) is 0 Å². The normalized spacial score (nSPS) is 25.2. The number of carbonyl (C=O) groups is 4. The summed E-state index contributed by atoms with van der Waals surface area (Å²) in [5, 5.41) is 2.14. The molecule has 1 atom stereocenters. The number of hydrogen-bond acceptors (Lipinski definition) is 4. The van der Waals surface area contributed by atoms with Gasteiger partial charge in [-0.3, -0.25) is 29.4 Å². The fourth-order valence-corrected chi connectivity index (χ4v) is 2.35. The van der Waals surface area contributed by atoms with Crippen molar-refractivity contribution in [2.75, 3.05) is 0 Å². The average molecular weight is 304 g/mol. The first-order chi connectivity index (χ1) is 10.5. The van der Waals surface area contributed by atoms with Gasteiger partial charge in [-0.15, -0.1) is 0 Å². The number of nitrogens with zero attached hydrogens (tertiary/aromatic N) is 1. The highest BCUT2D eigenvalue weighted by molar-refractivity contribution is 6.26. The maximum Gasteiger partial charge on any atom is 0.262 e. The third kappa shape index (κ3) is 3.05. The lowest BCUT2D eigenvalue weighted by atomic mass is 10.0. The molecule has 0 bridgehead atoms. The highest BCUT2D eigenvalue weighted by Gasteiger charge is 2.45. The van der Waals surface area contributed by atoms with Crippen molar-refractivity contribution in [1.29, 1.82) is 0 Å². The van der Waals surface area contributed by atoms with Crippen molar-refractivity contribution in [2.24, 2.45) is 0 Å². The van der Waals surface area contributed by atoms with Crippen molar-refractivity contribution in [3.63, 3.8) is 0 Å². The fraction of sp³-hybridized carbons (Fsp3) is 0.375. The second kappa shape index (κ2) is 7.49. The Morgan fingerprint density at radius 2 is 1.73 bits per heavy atom. The van der Waals surface area contributed by atoms with Crippen LogP contribution in [0.2, 0.25) is 0 Å². The number of carbonyl (C=O) groups excluding carboxylic acids is 4. The number of rotatable bonds is 2. The number of likely N-dealkylation sites (tertiary alicyclic amines) is 1. The Labute approximate surface area is 129 Å². The van der Waals surface area contributed by atoms with Crippen LogP contribution in [0.4, 0.5) is 0 Å². The van der Waals surface area contributed by atoms with Crippen molar-refractivity contribution in [3.8, 4) is 0 Å². The van der Waals surface area contributed by atoms with Crippen LogP contribution < -0.4 is 5.32 Å². The molecule has 22 heavy (non-hydrogen) atoms. The highest BCUT2D eigenvalue weighted by Crippen LogP contribution is 2.29. The molecule has 0 aromatic rings. The van der Waals surface area contributed by atoms with Crippen molar-refractivity contribution < 1.29 is 19.2 Å². The van der Waals surface area contributed by atoms with Gasteiger partial charge >= 0.3 is 0 Å². The monoisotopic (exact) mass is 304 g/mol. The molecule has 0 unspecified atom stereocenters. The number of nitrogens with one attached hydrogen (secondary N) is 1. The summed E-state index contributed by atoms with van der Waals surface area (Å²) in [7, 11) is 0. The van der Waals surface area contributed by atoms with Gasteiger partial charge in [0.2, 0.25) is 11.8 Å². The Bertz CT molecular complexity index is 587. The van der Waals surface area contributed by atoms with Crippen LogP contribution in [-0.4, -0.2) is 34.6 Å². The van der Waals surface area contributed by atoms with Crippen LogP contribution in [0.15, 0.2) is 36.0 Å². The lowest BCUT2D eigenvalue weighted by molar-refractivity contribution is -0.149. The Morgan fingerprint density at radius 1 is 1.14 bits per heavy atom. The van der Waals surface area contributed by atoms with E-state index in [0.29, 0.717) is 0 Å². The van der Waals surface area contributed by atoms with E-state index in [9.17, 15) is 19.2 Å². The predicted octanol–water partition coefficient (Wildman–Crippen LogP) is 1.25. The van der Waals surface area contributed by atoms with E-state index < -0.39 is 29.7 Å². The van der Waals surface area contributed by atoms with Gasteiger partial charge in [-0.25, -0.2) is 0 Å². The topological polar surface area (TPSA) is 83.6 Å². The number of piperidine rings is 1. The smallest absolute Gasteiger partial charge is 0.262 e. The molecule has 2 aliphatic heterocycles. The van der Waals surface area contributed by atoms with Crippen LogP contribution in [-0.2, 0) is 19.2 Å². The van der Waals surface area contributed by atoms with Gasteiger partial charge < -0.3 is 0 Å². The minimum atomic E-state index is -0.932. The van der Waals surface area contributed by atoms with Crippen LogP contribution in [0.1, 0.15) is 33.6 Å². The second-order valence-corrected chi connectivity index (χ2v) is 4.47. The maximum absolute atomic E-state index is 12.3. The number of hydrogen-bond donors (Lipinski definition) is 1. The molecule has 2 saturated heterocycles. The zero-order valence-corrected chi connectivity index (χ0v) is 13.0. The molecule has 0 saturated carbocycles. The van der Waals surface area contributed by atoms with Crippen LogP contribution in [0.25, 0.3) is 0 Å². The predicted molar refractivity (Wildman–Crippen MR) is 81.4 cm³/mol. The van der Waals surface area contributed by atoms with E-state index in [1.54, 1.807) is 6.92 Å². The lowest BCUT2D eigenvalue weighted by Gasteiger charge is -2.27. The van der Waals surface area contributed by atoms with Gasteiger partial charge in [0.1, 0.15) is 6.04 Å². The molecule has 0 radical (unpaired) electrons. The Morgan fingerprint density at radius 3 is 2.23 bits per heavy atom. The fourth-order valence-electron chi connectivity index (χ4n) is 2.35. The lowest BCUT2D eigenvalue weighted by Crippen LogP contribution is -2.54. The van der Waals surface area contributed by atoms with Gasteiger partial charge in [0.05, 0.1) is 5.57 Å². The molecular formula is C16H20N2O4. The van der Waals surface area contributed by atoms with Crippen LogP contribution in [0.5, 0.6) is 0 Å². The summed E-state index contributed by atoms with van der Waals surface area (Å²) in [6, 6.07) is -0.932. The van der Waals surface area contributed by atoms with Crippen molar-refractivity contribution >= 4 is 23.6 Å². The third-order valence-electron chi connectivity index (χ3n) is 3.28. The average Bonchev–Trinajstić information content (AvgIpc) is 2.73. The van der Waals surface area contributed by atoms with Gasteiger partial charge in [0.25, 0.3) is 11.8 Å². The third-order valence-corrected chi connectivity index (χ3v) is 3.28. The minimum absolute atomic E-state index is 0.110. The van der Waals surface area contributed by atoms with E-state index in [-0.39, 0.29) is 24.0 Å². The molecule has 1 N–H and O–H groups in total. The van der Waals surface area contributed by atoms with E-state index in [4.69, 9.17) is 0 Å². The molecule has 6 heteroatoms. The number of allylic oxidation sites excluding steroid dienone is 3. The molecule has 4 amide bonds. The molecule has 2 rings (SSSR count). The molecule has 6 nitrogen and oxygen atoms in total. The summed E-state index contributed by atoms with van der Waals surface area (Å²) in [6.45, 7) is 9.15. The Kier molecular flexibility index (Phi) is 5.98. The Hall–Kier alpha value is -2.50. The molecular weight excluding hydrogens is 284 g/mol. The highest BCUT2D eigenvalue weighted by atomic mass is 16.2. The van der Waals surface area contributed by atoms with Crippen LogP contribution >= 0.6 is 0 Å². The van der Waals surface area contributed by atoms with E-state index >= 15 is 0 Å². The molecule has 0 aliphatic carbocycles. The molecule has 2 aliphatic rings. The molecule has 0 spiro atoms. The number of imide groups is 2. The van der Waals surface area contributed by atoms with Crippen LogP contribution in [0.3, 0.4) is 0 Å². The quantitative estimate of drug-likeness (QED) is 0.614. The minimum Gasteiger partial charge on any atom is -0.295 e. The van der Waals surface area contributed by atoms with Gasteiger partial charge in [-0.1, -0.05) is 32.6 Å². The van der Waals surface area contributed by atoms with E-state index in [2.05, 4.69) is 11.9 Å². The summed E-state index contributed by atoms with van der Waals surface area (Å²) < 4.78 is 0.